The first-order valence-electron chi connectivity index (χ1n) is 11.7. The van der Waals surface area contributed by atoms with Gasteiger partial charge in [0, 0.05) is 34.7 Å². The third-order valence-corrected chi connectivity index (χ3v) is 6.79. The summed E-state index contributed by atoms with van der Waals surface area (Å²) in [6, 6.07) is 18.6. The van der Waals surface area contributed by atoms with Gasteiger partial charge in [-0.05, 0) is 65.4 Å². The first-order valence-corrected chi connectivity index (χ1v) is 12.5. The van der Waals surface area contributed by atoms with Crippen LogP contribution in [0.25, 0.3) is 49.7 Å². The van der Waals surface area contributed by atoms with Gasteiger partial charge in [-0.1, -0.05) is 41.9 Å². The Morgan fingerprint density at radius 1 is 0.895 bits per heavy atom. The molecule has 4 aromatic heterocycles. The van der Waals surface area contributed by atoms with Crippen molar-refractivity contribution in [3.63, 3.8) is 0 Å². The van der Waals surface area contributed by atoms with Gasteiger partial charge in [-0.2, -0.15) is 10.2 Å². The van der Waals surface area contributed by atoms with Crippen molar-refractivity contribution in [2.75, 3.05) is 0 Å². The molecule has 186 valence electrons. The largest absolute Gasteiger partial charge is 0.323 e. The molecule has 0 amide bonds. The lowest BCUT2D eigenvalue weighted by Gasteiger charge is -2.19. The maximum absolute atomic E-state index is 14.0. The maximum atomic E-state index is 14.0. The van der Waals surface area contributed by atoms with Gasteiger partial charge >= 0.3 is 0 Å². The Morgan fingerprint density at radius 3 is 2.45 bits per heavy atom. The van der Waals surface area contributed by atoms with Crippen molar-refractivity contribution >= 4 is 45.0 Å². The molecule has 38 heavy (non-hydrogen) atoms. The van der Waals surface area contributed by atoms with E-state index in [1.165, 1.54) is 0 Å². The van der Waals surface area contributed by atoms with E-state index in [0.29, 0.717) is 27.8 Å². The lowest BCUT2D eigenvalue weighted by Crippen LogP contribution is -2.26. The average molecular weight is 540 g/mol. The van der Waals surface area contributed by atoms with Crippen molar-refractivity contribution in [3.05, 3.63) is 106 Å². The molecule has 0 aliphatic carbocycles. The zero-order valence-corrected chi connectivity index (χ0v) is 21.5. The Kier molecular flexibility index (Phi) is 6.07. The van der Waals surface area contributed by atoms with Crippen LogP contribution in [0.3, 0.4) is 0 Å². The van der Waals surface area contributed by atoms with Crippen LogP contribution in [-0.2, 0) is 0 Å². The number of aromatic nitrogens is 6. The Hall–Kier alpha value is -4.24. The summed E-state index contributed by atoms with van der Waals surface area (Å²) in [6.45, 7) is 1.86. The zero-order chi connectivity index (χ0) is 26.4. The van der Waals surface area contributed by atoms with Crippen molar-refractivity contribution in [1.82, 2.24) is 29.7 Å². The minimum atomic E-state index is -0.378. The fraction of sp³-hybridized carbons (Fsp3) is 0.0714. The fourth-order valence-electron chi connectivity index (χ4n) is 4.59. The van der Waals surface area contributed by atoms with Crippen LogP contribution in [0, 0.1) is 0 Å². The van der Waals surface area contributed by atoms with E-state index < -0.39 is 0 Å². The number of rotatable bonds is 4. The Balaban J connectivity index is 1.50. The fourth-order valence-corrected chi connectivity index (χ4v) is 5.04. The summed E-state index contributed by atoms with van der Waals surface area (Å²) in [4.78, 5) is 26.6. The summed E-state index contributed by atoms with van der Waals surface area (Å²) in [5.74, 6) is 0. The summed E-state index contributed by atoms with van der Waals surface area (Å²) >= 11 is 12.1. The third-order valence-electron chi connectivity index (χ3n) is 6.36. The van der Waals surface area contributed by atoms with Gasteiger partial charge < -0.3 is 5.73 Å². The van der Waals surface area contributed by atoms with Gasteiger partial charge in [0.05, 0.1) is 23.3 Å². The van der Waals surface area contributed by atoms with Crippen molar-refractivity contribution in [1.29, 1.82) is 0 Å². The minimum absolute atomic E-state index is 0.0535. The minimum Gasteiger partial charge on any atom is -0.323 e. The summed E-state index contributed by atoms with van der Waals surface area (Å²) in [6.07, 6.45) is 4.96. The van der Waals surface area contributed by atoms with Gasteiger partial charge in [-0.25, -0.2) is 9.97 Å². The number of hydrogen-bond donors (Lipinski definition) is 1. The molecular weight excluding hydrogens is 521 g/mol. The van der Waals surface area contributed by atoms with Gasteiger partial charge in [-0.15, -0.1) is 0 Å². The van der Waals surface area contributed by atoms with E-state index in [1.54, 1.807) is 23.2 Å². The second-order valence-electron chi connectivity index (χ2n) is 8.82. The van der Waals surface area contributed by atoms with Crippen molar-refractivity contribution in [2.24, 2.45) is 5.73 Å². The van der Waals surface area contributed by atoms with E-state index >= 15 is 0 Å². The van der Waals surface area contributed by atoms with Crippen molar-refractivity contribution in [2.45, 2.75) is 13.0 Å². The molecule has 4 heterocycles. The van der Waals surface area contributed by atoms with Gasteiger partial charge in [0.15, 0.2) is 5.15 Å². The van der Waals surface area contributed by atoms with Crippen LogP contribution in [0.1, 0.15) is 18.7 Å². The van der Waals surface area contributed by atoms with E-state index in [0.717, 1.165) is 27.6 Å². The van der Waals surface area contributed by atoms with Crippen LogP contribution in [0.15, 0.2) is 84.0 Å². The van der Waals surface area contributed by atoms with Gasteiger partial charge in [0.25, 0.3) is 5.56 Å². The van der Waals surface area contributed by atoms with Crippen molar-refractivity contribution in [3.8, 4) is 27.9 Å². The summed E-state index contributed by atoms with van der Waals surface area (Å²) in [5, 5.41) is 9.49. The van der Waals surface area contributed by atoms with E-state index in [2.05, 4.69) is 25.1 Å². The highest BCUT2D eigenvalue weighted by Gasteiger charge is 2.17. The normalized spacial score (nSPS) is 12.2. The average Bonchev–Trinajstić information content (AvgIpc) is 2.92. The van der Waals surface area contributed by atoms with E-state index in [-0.39, 0.29) is 22.0 Å². The lowest BCUT2D eigenvalue weighted by atomic mass is 9.99. The molecule has 0 aliphatic rings. The van der Waals surface area contributed by atoms with Crippen LogP contribution in [-0.4, -0.2) is 29.7 Å². The summed E-state index contributed by atoms with van der Waals surface area (Å²) in [7, 11) is 0. The molecule has 0 fully saturated rings. The highest BCUT2D eigenvalue weighted by atomic mass is 35.5. The predicted molar refractivity (Wildman–Crippen MR) is 150 cm³/mol. The Bertz CT molecular complexity index is 1890. The molecule has 0 radical (unpaired) electrons. The van der Waals surface area contributed by atoms with Crippen LogP contribution in [0.4, 0.5) is 0 Å². The number of benzene rings is 2. The summed E-state index contributed by atoms with van der Waals surface area (Å²) in [5.41, 5.74) is 11.9. The molecule has 8 nitrogen and oxygen atoms in total. The molecule has 0 unspecified atom stereocenters. The topological polar surface area (TPSA) is 112 Å². The lowest BCUT2D eigenvalue weighted by molar-refractivity contribution is 0.734. The Labute approximate surface area is 226 Å². The highest BCUT2D eigenvalue weighted by Crippen LogP contribution is 2.30. The Morgan fingerprint density at radius 2 is 1.71 bits per heavy atom. The molecule has 0 spiro atoms. The number of hydrogen-bond acceptors (Lipinski definition) is 7. The van der Waals surface area contributed by atoms with Gasteiger partial charge in [0.1, 0.15) is 5.52 Å². The maximum Gasteiger partial charge on any atom is 0.263 e. The number of fused-ring (bicyclic) bond motifs is 2. The van der Waals surface area contributed by atoms with Gasteiger partial charge in [0.2, 0.25) is 5.28 Å². The molecule has 2 N–H and O–H groups in total. The molecule has 6 aromatic rings. The molecule has 0 bridgehead atoms. The van der Waals surface area contributed by atoms with E-state index in [4.69, 9.17) is 28.9 Å². The predicted octanol–water partition coefficient (Wildman–Crippen LogP) is 5.78. The molecule has 1 atom stereocenters. The molecule has 10 heteroatoms. The monoisotopic (exact) mass is 539 g/mol. The number of nitrogens with zero attached hydrogens (tertiary/aromatic N) is 6. The first kappa shape index (κ1) is 24.1. The summed E-state index contributed by atoms with van der Waals surface area (Å²) < 4.78 is 1.67. The molecule has 0 saturated carbocycles. The molecule has 6 rings (SSSR count). The highest BCUT2D eigenvalue weighted by molar-refractivity contribution is 6.35. The number of halogens is 2. The first-order chi connectivity index (χ1) is 18.4. The molecule has 0 saturated heterocycles. The van der Waals surface area contributed by atoms with Gasteiger partial charge in [-0.3, -0.25) is 14.3 Å². The molecule has 2 aromatic carbocycles. The van der Waals surface area contributed by atoms with Crippen LogP contribution in [0.5, 0.6) is 0 Å². The number of nitrogens with two attached hydrogens (primary N) is 1. The number of pyridine rings is 2. The SMILES string of the molecule is C[C@H](N)c1cc2cccc(-c3ccnnc3)c2c(=O)n1-c1ccc(-c2cnc3c(Cl)nc(Cl)nc3c2)cc1. The van der Waals surface area contributed by atoms with E-state index in [9.17, 15) is 4.79 Å². The van der Waals surface area contributed by atoms with Crippen LogP contribution >= 0.6 is 23.2 Å². The molecular formula is C28H19Cl2N7O. The quantitative estimate of drug-likeness (QED) is 0.223. The van der Waals surface area contributed by atoms with E-state index in [1.807, 2.05) is 67.6 Å². The second-order valence-corrected chi connectivity index (χ2v) is 9.52. The van der Waals surface area contributed by atoms with Crippen LogP contribution in [0.2, 0.25) is 10.4 Å². The second kappa shape index (κ2) is 9.57. The van der Waals surface area contributed by atoms with Crippen molar-refractivity contribution < 1.29 is 0 Å². The third kappa shape index (κ3) is 4.18. The smallest absolute Gasteiger partial charge is 0.263 e. The standard InChI is InChI=1S/C28H19Cl2N7O/c1-15(31)23-12-17-3-2-4-21(18-9-10-33-34-14-18)24(17)27(38)37(23)20-7-5-16(6-8-20)19-11-22-25(32-13-19)26(29)36-28(30)35-22/h2-15H,31H2,1H3/t15-/m0/s1. The zero-order valence-electron chi connectivity index (χ0n) is 20.0. The molecule has 0 aliphatic heterocycles. The van der Waals surface area contributed by atoms with Crippen LogP contribution < -0.4 is 11.3 Å².